The minimum Gasteiger partial charge on any atom is -0.393 e. The minimum absolute atomic E-state index is 0.237. The van der Waals surface area contributed by atoms with Crippen LogP contribution in [0.5, 0.6) is 0 Å². The molecule has 0 fully saturated rings. The van der Waals surface area contributed by atoms with Crippen molar-refractivity contribution in [2.24, 2.45) is 0 Å². The van der Waals surface area contributed by atoms with Crippen molar-refractivity contribution < 1.29 is 5.11 Å². The average molecular weight is 279 g/mol. The Morgan fingerprint density at radius 2 is 1.57 bits per heavy atom. The average Bonchev–Trinajstić information content (AvgIpc) is 2.95. The quantitative estimate of drug-likeness (QED) is 0.700. The van der Waals surface area contributed by atoms with Crippen molar-refractivity contribution in [1.82, 2.24) is 4.98 Å². The summed E-state index contributed by atoms with van der Waals surface area (Å²) in [5, 5.41) is 11.4. The highest BCUT2D eigenvalue weighted by atomic mass is 16.3. The number of para-hydroxylation sites is 1. The summed E-state index contributed by atoms with van der Waals surface area (Å²) >= 11 is 0. The van der Waals surface area contributed by atoms with E-state index in [9.17, 15) is 5.11 Å². The van der Waals surface area contributed by atoms with Gasteiger partial charge < -0.3 is 10.1 Å². The van der Waals surface area contributed by atoms with Crippen LogP contribution < -0.4 is 0 Å². The summed E-state index contributed by atoms with van der Waals surface area (Å²) in [6, 6.07) is 18.7. The number of aryl methyl sites for hydroxylation is 2. The third kappa shape index (κ3) is 3.53. The van der Waals surface area contributed by atoms with Crippen LogP contribution in [0.1, 0.15) is 24.0 Å². The summed E-state index contributed by atoms with van der Waals surface area (Å²) in [7, 11) is 0. The van der Waals surface area contributed by atoms with E-state index in [1.807, 2.05) is 24.3 Å². The predicted octanol–water partition coefficient (Wildman–Crippen LogP) is 4.09. The van der Waals surface area contributed by atoms with E-state index in [0.717, 1.165) is 25.7 Å². The van der Waals surface area contributed by atoms with E-state index in [4.69, 9.17) is 0 Å². The number of aliphatic hydroxyl groups excluding tert-OH is 1. The van der Waals surface area contributed by atoms with E-state index >= 15 is 0 Å². The Kier molecular flexibility index (Phi) is 4.37. The van der Waals surface area contributed by atoms with Crippen molar-refractivity contribution in [3.63, 3.8) is 0 Å². The van der Waals surface area contributed by atoms with Crippen molar-refractivity contribution >= 4 is 10.9 Å². The van der Waals surface area contributed by atoms with Crippen LogP contribution in [0.25, 0.3) is 10.9 Å². The smallest absolute Gasteiger partial charge is 0.0546 e. The standard InChI is InChI=1S/C19H21NO/c21-17(12-10-15-6-2-1-3-7-15)13-11-16-14-20-19-9-5-4-8-18(16)19/h1-9,14,17,20-21H,10-13H2. The number of aromatic nitrogens is 1. The summed E-state index contributed by atoms with van der Waals surface area (Å²) < 4.78 is 0. The molecule has 0 saturated carbocycles. The van der Waals surface area contributed by atoms with Gasteiger partial charge in [-0.1, -0.05) is 48.5 Å². The number of nitrogens with one attached hydrogen (secondary N) is 1. The second-order valence-corrected chi connectivity index (χ2v) is 5.58. The summed E-state index contributed by atoms with van der Waals surface area (Å²) in [5.74, 6) is 0. The number of benzene rings is 2. The normalized spacial score (nSPS) is 12.6. The molecule has 0 aliphatic carbocycles. The van der Waals surface area contributed by atoms with Gasteiger partial charge in [-0.15, -0.1) is 0 Å². The summed E-state index contributed by atoms with van der Waals surface area (Å²) in [4.78, 5) is 3.29. The number of aliphatic hydroxyl groups is 1. The van der Waals surface area contributed by atoms with E-state index in [1.165, 1.54) is 22.0 Å². The number of fused-ring (bicyclic) bond motifs is 1. The van der Waals surface area contributed by atoms with Crippen molar-refractivity contribution in [3.8, 4) is 0 Å². The van der Waals surface area contributed by atoms with Gasteiger partial charge in [0.15, 0.2) is 0 Å². The van der Waals surface area contributed by atoms with E-state index in [-0.39, 0.29) is 6.10 Å². The molecule has 1 unspecified atom stereocenters. The van der Waals surface area contributed by atoms with E-state index in [1.54, 1.807) is 0 Å². The van der Waals surface area contributed by atoms with Crippen LogP contribution in [0, 0.1) is 0 Å². The summed E-state index contributed by atoms with van der Waals surface area (Å²) in [6.45, 7) is 0. The molecule has 3 rings (SSSR count). The molecule has 2 nitrogen and oxygen atoms in total. The third-order valence-electron chi connectivity index (χ3n) is 4.03. The summed E-state index contributed by atoms with van der Waals surface area (Å²) in [6.07, 6.45) is 5.32. The number of aromatic amines is 1. The maximum Gasteiger partial charge on any atom is 0.0546 e. The molecule has 1 atom stereocenters. The first-order valence-corrected chi connectivity index (χ1v) is 7.60. The van der Waals surface area contributed by atoms with E-state index < -0.39 is 0 Å². The van der Waals surface area contributed by atoms with Gasteiger partial charge in [0.05, 0.1) is 6.10 Å². The molecule has 3 aromatic rings. The monoisotopic (exact) mass is 279 g/mol. The molecule has 2 aromatic carbocycles. The van der Waals surface area contributed by atoms with E-state index in [2.05, 4.69) is 41.5 Å². The largest absolute Gasteiger partial charge is 0.393 e. The fourth-order valence-corrected chi connectivity index (χ4v) is 2.78. The van der Waals surface area contributed by atoms with Gasteiger partial charge in [-0.2, -0.15) is 0 Å². The molecule has 0 aliphatic heterocycles. The van der Waals surface area contributed by atoms with Gasteiger partial charge in [0.25, 0.3) is 0 Å². The molecular formula is C19H21NO. The summed E-state index contributed by atoms with van der Waals surface area (Å²) in [5.41, 5.74) is 3.76. The highest BCUT2D eigenvalue weighted by Gasteiger charge is 2.08. The second kappa shape index (κ2) is 6.59. The van der Waals surface area contributed by atoms with E-state index in [0.29, 0.717) is 0 Å². The van der Waals surface area contributed by atoms with Crippen LogP contribution >= 0.6 is 0 Å². The van der Waals surface area contributed by atoms with Crippen molar-refractivity contribution in [2.75, 3.05) is 0 Å². The Balaban J connectivity index is 1.53. The molecular weight excluding hydrogens is 258 g/mol. The van der Waals surface area contributed by atoms with Crippen molar-refractivity contribution in [2.45, 2.75) is 31.8 Å². The Morgan fingerprint density at radius 1 is 0.857 bits per heavy atom. The molecule has 21 heavy (non-hydrogen) atoms. The molecule has 1 heterocycles. The Morgan fingerprint density at radius 3 is 2.43 bits per heavy atom. The predicted molar refractivity (Wildman–Crippen MR) is 87.4 cm³/mol. The maximum absolute atomic E-state index is 10.2. The lowest BCUT2D eigenvalue weighted by Gasteiger charge is -2.10. The first-order chi connectivity index (χ1) is 10.3. The molecule has 1 aromatic heterocycles. The van der Waals surface area contributed by atoms with Gasteiger partial charge in [0.1, 0.15) is 0 Å². The lowest BCUT2D eigenvalue weighted by atomic mass is 10.0. The van der Waals surface area contributed by atoms with Crippen LogP contribution in [-0.2, 0) is 12.8 Å². The maximum atomic E-state index is 10.2. The highest BCUT2D eigenvalue weighted by Crippen LogP contribution is 2.20. The molecule has 108 valence electrons. The van der Waals surface area contributed by atoms with Crippen LogP contribution in [-0.4, -0.2) is 16.2 Å². The minimum atomic E-state index is -0.237. The first kappa shape index (κ1) is 13.9. The van der Waals surface area contributed by atoms with Gasteiger partial charge in [-0.3, -0.25) is 0 Å². The second-order valence-electron chi connectivity index (χ2n) is 5.58. The molecule has 0 spiro atoms. The fourth-order valence-electron chi connectivity index (χ4n) is 2.78. The molecule has 0 amide bonds. The van der Waals surface area contributed by atoms with Gasteiger partial charge >= 0.3 is 0 Å². The number of hydrogen-bond donors (Lipinski definition) is 2. The number of rotatable bonds is 6. The Labute approximate surface area is 125 Å². The topological polar surface area (TPSA) is 36.0 Å². The Hall–Kier alpha value is -2.06. The molecule has 0 saturated heterocycles. The van der Waals surface area contributed by atoms with Crippen LogP contribution in [0.2, 0.25) is 0 Å². The zero-order valence-electron chi connectivity index (χ0n) is 12.1. The third-order valence-corrected chi connectivity index (χ3v) is 4.03. The first-order valence-electron chi connectivity index (χ1n) is 7.60. The lowest BCUT2D eigenvalue weighted by molar-refractivity contribution is 0.155. The Bertz CT molecular complexity index is 687. The fraction of sp³-hybridized carbons (Fsp3) is 0.263. The van der Waals surface area contributed by atoms with Crippen LogP contribution in [0.4, 0.5) is 0 Å². The van der Waals surface area contributed by atoms with Gasteiger partial charge in [-0.05, 0) is 42.9 Å². The number of H-pyrrole nitrogens is 1. The van der Waals surface area contributed by atoms with Gasteiger partial charge in [-0.25, -0.2) is 0 Å². The number of hydrogen-bond acceptors (Lipinski definition) is 1. The molecule has 0 bridgehead atoms. The van der Waals surface area contributed by atoms with Crippen LogP contribution in [0.3, 0.4) is 0 Å². The highest BCUT2D eigenvalue weighted by molar-refractivity contribution is 5.82. The van der Waals surface area contributed by atoms with Crippen molar-refractivity contribution in [3.05, 3.63) is 71.9 Å². The molecule has 2 N–H and O–H groups in total. The van der Waals surface area contributed by atoms with Crippen LogP contribution in [0.15, 0.2) is 60.8 Å². The lowest BCUT2D eigenvalue weighted by Crippen LogP contribution is -2.09. The molecule has 2 heteroatoms. The zero-order chi connectivity index (χ0) is 14.5. The van der Waals surface area contributed by atoms with Gasteiger partial charge in [0, 0.05) is 17.1 Å². The SMILES string of the molecule is OC(CCc1ccccc1)CCc1c[nH]c2ccccc12. The van der Waals surface area contributed by atoms with Crippen molar-refractivity contribution in [1.29, 1.82) is 0 Å². The molecule has 0 aliphatic rings. The van der Waals surface area contributed by atoms with Gasteiger partial charge in [0.2, 0.25) is 0 Å². The zero-order valence-corrected chi connectivity index (χ0v) is 12.1. The molecule has 0 radical (unpaired) electrons.